The summed E-state index contributed by atoms with van der Waals surface area (Å²) in [7, 11) is 1.62. The molecule has 0 aliphatic carbocycles. The number of alkyl halides is 1. The Morgan fingerprint density at radius 1 is 1.50 bits per heavy atom. The van der Waals surface area contributed by atoms with Crippen molar-refractivity contribution in [1.29, 1.82) is 5.26 Å². The Morgan fingerprint density at radius 2 is 2.00 bits per heavy atom. The van der Waals surface area contributed by atoms with Crippen LogP contribution in [0, 0.1) is 17.2 Å². The van der Waals surface area contributed by atoms with Crippen molar-refractivity contribution in [2.45, 2.75) is 24.8 Å². The van der Waals surface area contributed by atoms with E-state index in [9.17, 15) is 0 Å². The van der Waals surface area contributed by atoms with Gasteiger partial charge >= 0.3 is 0 Å². The highest BCUT2D eigenvalue weighted by Crippen LogP contribution is 2.15. The third-order valence-corrected chi connectivity index (χ3v) is 2.07. The fraction of sp³-hybridized carbons (Fsp3) is 0.857. The van der Waals surface area contributed by atoms with Crippen LogP contribution in [-0.2, 0) is 4.74 Å². The molecule has 0 heterocycles. The number of hydrogen-bond donors (Lipinski definition) is 0. The molecule has 3 heteroatoms. The molecular weight excluding hydrogens is 194 g/mol. The van der Waals surface area contributed by atoms with Crippen molar-refractivity contribution < 1.29 is 4.74 Å². The first-order valence-electron chi connectivity index (χ1n) is 3.20. The third kappa shape index (κ3) is 2.68. The van der Waals surface area contributed by atoms with Crippen molar-refractivity contribution in [2.24, 2.45) is 5.92 Å². The Morgan fingerprint density at radius 3 is 2.10 bits per heavy atom. The quantitative estimate of drug-likeness (QED) is 0.661. The van der Waals surface area contributed by atoms with Crippen molar-refractivity contribution in [1.82, 2.24) is 0 Å². The van der Waals surface area contributed by atoms with Gasteiger partial charge in [-0.2, -0.15) is 5.26 Å². The summed E-state index contributed by atoms with van der Waals surface area (Å²) in [5.41, 5.74) is 0. The second-order valence-corrected chi connectivity index (χ2v) is 3.46. The summed E-state index contributed by atoms with van der Waals surface area (Å²) >= 11 is 3.22. The van der Waals surface area contributed by atoms with Crippen molar-refractivity contribution >= 4 is 15.9 Å². The van der Waals surface area contributed by atoms with Gasteiger partial charge in [-0.25, -0.2) is 0 Å². The van der Waals surface area contributed by atoms with Crippen LogP contribution in [0.4, 0.5) is 0 Å². The maximum absolute atomic E-state index is 8.51. The van der Waals surface area contributed by atoms with Crippen LogP contribution in [0.15, 0.2) is 0 Å². The lowest BCUT2D eigenvalue weighted by molar-refractivity contribution is 0.0741. The molecule has 2 unspecified atom stereocenters. The summed E-state index contributed by atoms with van der Waals surface area (Å²) < 4.78 is 5.10. The summed E-state index contributed by atoms with van der Waals surface area (Å²) in [4.78, 5) is -0.197. The van der Waals surface area contributed by atoms with Crippen LogP contribution in [0.2, 0.25) is 0 Å². The molecule has 2 nitrogen and oxygen atoms in total. The van der Waals surface area contributed by atoms with Gasteiger partial charge in [0.1, 0.15) is 4.83 Å². The number of nitrogens with zero attached hydrogens (tertiary/aromatic N) is 1. The second kappa shape index (κ2) is 4.70. The van der Waals surface area contributed by atoms with Crippen LogP contribution < -0.4 is 0 Å². The van der Waals surface area contributed by atoms with Crippen molar-refractivity contribution in [3.63, 3.8) is 0 Å². The van der Waals surface area contributed by atoms with Gasteiger partial charge in [-0.1, -0.05) is 29.8 Å². The minimum atomic E-state index is -0.197. The molecule has 0 fully saturated rings. The van der Waals surface area contributed by atoms with Gasteiger partial charge in [-0.3, -0.25) is 0 Å². The fourth-order valence-electron chi connectivity index (χ4n) is 0.803. The maximum atomic E-state index is 8.51. The van der Waals surface area contributed by atoms with Gasteiger partial charge in [-0.15, -0.1) is 0 Å². The molecule has 2 atom stereocenters. The molecule has 0 spiro atoms. The molecule has 0 bridgehead atoms. The zero-order valence-corrected chi connectivity index (χ0v) is 8.05. The van der Waals surface area contributed by atoms with Gasteiger partial charge < -0.3 is 4.74 Å². The minimum Gasteiger partial charge on any atom is -0.379 e. The molecule has 0 aromatic carbocycles. The largest absolute Gasteiger partial charge is 0.379 e. The van der Waals surface area contributed by atoms with Gasteiger partial charge in [0.25, 0.3) is 0 Å². The monoisotopic (exact) mass is 205 g/mol. The van der Waals surface area contributed by atoms with Gasteiger partial charge in [0.2, 0.25) is 0 Å². The predicted octanol–water partition coefficient (Wildman–Crippen LogP) is 1.94. The Balaban J connectivity index is 3.96. The Bertz CT molecular complexity index is 130. The van der Waals surface area contributed by atoms with Crippen molar-refractivity contribution in [2.75, 3.05) is 7.11 Å². The number of halogens is 1. The van der Waals surface area contributed by atoms with E-state index in [2.05, 4.69) is 22.0 Å². The van der Waals surface area contributed by atoms with Gasteiger partial charge in [0, 0.05) is 7.11 Å². The van der Waals surface area contributed by atoms with Crippen molar-refractivity contribution in [3.8, 4) is 6.07 Å². The Labute approximate surface area is 70.3 Å². The highest BCUT2D eigenvalue weighted by atomic mass is 79.9. The summed E-state index contributed by atoms with van der Waals surface area (Å²) in [5, 5.41) is 8.51. The van der Waals surface area contributed by atoms with Crippen LogP contribution in [0.5, 0.6) is 0 Å². The van der Waals surface area contributed by atoms with E-state index in [0.717, 1.165) is 0 Å². The Hall–Kier alpha value is -0.0700. The molecule has 0 amide bonds. The minimum absolute atomic E-state index is 0.00926. The average Bonchev–Trinajstić information content (AvgIpc) is 1.88. The highest BCUT2D eigenvalue weighted by molar-refractivity contribution is 9.09. The molecule has 0 aliphatic heterocycles. The third-order valence-electron chi connectivity index (χ3n) is 1.34. The molecule has 0 aromatic rings. The molecule has 0 N–H and O–H groups in total. The molecule has 58 valence electrons. The van der Waals surface area contributed by atoms with E-state index in [-0.39, 0.29) is 10.9 Å². The summed E-state index contributed by atoms with van der Waals surface area (Å²) in [6.45, 7) is 4.06. The first kappa shape index (κ1) is 9.93. The zero-order valence-electron chi connectivity index (χ0n) is 6.47. The van der Waals surface area contributed by atoms with E-state index in [4.69, 9.17) is 10.00 Å². The first-order valence-corrected chi connectivity index (χ1v) is 4.11. The molecule has 0 aromatic heterocycles. The van der Waals surface area contributed by atoms with E-state index in [1.54, 1.807) is 7.11 Å². The highest BCUT2D eigenvalue weighted by Gasteiger charge is 2.20. The van der Waals surface area contributed by atoms with Crippen molar-refractivity contribution in [3.05, 3.63) is 0 Å². The Kier molecular flexibility index (Phi) is 4.67. The smallest absolute Gasteiger partial charge is 0.128 e. The van der Waals surface area contributed by atoms with Crippen LogP contribution in [-0.4, -0.2) is 18.0 Å². The normalized spacial score (nSPS) is 16.4. The van der Waals surface area contributed by atoms with Crippen LogP contribution in [0.1, 0.15) is 13.8 Å². The number of nitriles is 1. The molecule has 0 saturated heterocycles. The molecule has 0 saturated carbocycles. The van der Waals surface area contributed by atoms with E-state index in [1.165, 1.54) is 0 Å². The summed E-state index contributed by atoms with van der Waals surface area (Å²) in [6.07, 6.45) is -0.00926. The van der Waals surface area contributed by atoms with Crippen LogP contribution in [0.25, 0.3) is 0 Å². The summed E-state index contributed by atoms with van der Waals surface area (Å²) in [6, 6.07) is 2.09. The molecule has 0 aliphatic rings. The van der Waals surface area contributed by atoms with Crippen LogP contribution >= 0.6 is 15.9 Å². The second-order valence-electron chi connectivity index (χ2n) is 2.48. The van der Waals surface area contributed by atoms with E-state index in [0.29, 0.717) is 5.92 Å². The average molecular weight is 206 g/mol. The molecule has 0 radical (unpaired) electrons. The van der Waals surface area contributed by atoms with E-state index in [1.807, 2.05) is 13.8 Å². The first-order chi connectivity index (χ1) is 4.63. The number of hydrogen-bond acceptors (Lipinski definition) is 2. The van der Waals surface area contributed by atoms with Gasteiger partial charge in [0.05, 0.1) is 12.2 Å². The predicted molar refractivity (Wildman–Crippen MR) is 44.0 cm³/mol. The van der Waals surface area contributed by atoms with E-state index < -0.39 is 0 Å². The SMILES string of the molecule is COC(C(C)C)C(Br)C#N. The number of methoxy groups -OCH3 is 1. The lowest BCUT2D eigenvalue weighted by Gasteiger charge is -2.19. The molecule has 10 heavy (non-hydrogen) atoms. The maximum Gasteiger partial charge on any atom is 0.128 e. The van der Waals surface area contributed by atoms with Gasteiger partial charge in [-0.05, 0) is 5.92 Å². The topological polar surface area (TPSA) is 33.0 Å². The fourth-order valence-corrected chi connectivity index (χ4v) is 1.63. The zero-order chi connectivity index (χ0) is 8.15. The standard InChI is InChI=1S/C7H12BrNO/c1-5(2)7(10-3)6(8)4-9/h5-7H,1-3H3. The molecule has 0 rings (SSSR count). The lowest BCUT2D eigenvalue weighted by Crippen LogP contribution is -2.27. The number of ether oxygens (including phenoxy) is 1. The summed E-state index contributed by atoms with van der Waals surface area (Å²) in [5.74, 6) is 0.369. The number of rotatable bonds is 3. The molecular formula is C7H12BrNO. The lowest BCUT2D eigenvalue weighted by atomic mass is 10.1. The van der Waals surface area contributed by atoms with Crippen LogP contribution in [0.3, 0.4) is 0 Å². The van der Waals surface area contributed by atoms with Gasteiger partial charge in [0.15, 0.2) is 0 Å². The van der Waals surface area contributed by atoms with E-state index >= 15 is 0 Å².